The molecule has 0 saturated heterocycles. The number of rotatable bonds is 6. The second-order valence-electron chi connectivity index (χ2n) is 12.8. The Kier molecular flexibility index (Phi) is 7.89. The fraction of sp³-hybridized carbons (Fsp3) is 0.0217. The third kappa shape index (κ3) is 6.02. The summed E-state index contributed by atoms with van der Waals surface area (Å²) in [4.78, 5) is 15.0. The molecule has 4 nitrogen and oxygen atoms in total. The predicted octanol–water partition coefficient (Wildman–Crippen LogP) is 12.3. The van der Waals surface area contributed by atoms with Crippen molar-refractivity contribution in [3.63, 3.8) is 0 Å². The SMILES string of the molecule is FC(F)(F)c1ccc(-c2ccc(-c3nc(-c4ccccc4)nc(-c4ccccc4)n3)c(-n3c4ccccc4c4cc(-c5ccccc5)ccc43)c2)cc1. The van der Waals surface area contributed by atoms with Gasteiger partial charge in [-0.2, -0.15) is 13.2 Å². The maximum atomic E-state index is 13.5. The molecule has 0 N–H and O–H groups in total. The quantitative estimate of drug-likeness (QED) is 0.174. The molecule has 0 spiro atoms. The number of hydrogen-bond acceptors (Lipinski definition) is 3. The van der Waals surface area contributed by atoms with E-state index in [1.165, 1.54) is 12.1 Å². The summed E-state index contributed by atoms with van der Waals surface area (Å²) >= 11 is 0. The van der Waals surface area contributed by atoms with Gasteiger partial charge in [-0.3, -0.25) is 0 Å². The lowest BCUT2D eigenvalue weighted by Crippen LogP contribution is -2.05. The van der Waals surface area contributed by atoms with Crippen molar-refractivity contribution in [3.8, 4) is 62.1 Å². The van der Waals surface area contributed by atoms with Crippen LogP contribution in [0.4, 0.5) is 13.2 Å². The van der Waals surface area contributed by atoms with Gasteiger partial charge in [0.1, 0.15) is 0 Å². The molecule has 0 bridgehead atoms. The highest BCUT2D eigenvalue weighted by atomic mass is 19.4. The Balaban J connectivity index is 1.32. The average molecular weight is 695 g/mol. The van der Waals surface area contributed by atoms with E-state index in [0.29, 0.717) is 23.0 Å². The summed E-state index contributed by atoms with van der Waals surface area (Å²) in [5.74, 6) is 1.53. The van der Waals surface area contributed by atoms with Crippen LogP contribution in [0.15, 0.2) is 176 Å². The molecule has 0 aliphatic heterocycles. The number of para-hydroxylation sites is 1. The van der Waals surface area contributed by atoms with Crippen molar-refractivity contribution in [3.05, 3.63) is 181 Å². The van der Waals surface area contributed by atoms with Gasteiger partial charge in [-0.15, -0.1) is 0 Å². The Bertz CT molecular complexity index is 2680. The van der Waals surface area contributed by atoms with Gasteiger partial charge >= 0.3 is 6.18 Å². The normalized spacial score (nSPS) is 11.7. The number of fused-ring (bicyclic) bond motifs is 3. The van der Waals surface area contributed by atoms with Crippen LogP contribution in [0, 0.1) is 0 Å². The van der Waals surface area contributed by atoms with E-state index in [2.05, 4.69) is 47.0 Å². The van der Waals surface area contributed by atoms with Crippen molar-refractivity contribution in [2.24, 2.45) is 0 Å². The molecule has 53 heavy (non-hydrogen) atoms. The number of aromatic nitrogens is 4. The average Bonchev–Trinajstić information content (AvgIpc) is 3.55. The topological polar surface area (TPSA) is 43.6 Å². The Morgan fingerprint density at radius 1 is 0.377 bits per heavy atom. The van der Waals surface area contributed by atoms with E-state index in [4.69, 9.17) is 15.0 Å². The molecular weight excluding hydrogens is 666 g/mol. The zero-order valence-electron chi connectivity index (χ0n) is 28.2. The van der Waals surface area contributed by atoms with Crippen molar-refractivity contribution in [1.29, 1.82) is 0 Å². The molecule has 7 aromatic carbocycles. The standard InChI is InChI=1S/C46H29F3N4/c47-46(48,49)36-24-20-31(21-25-36)35-22-26-38(45-51-43(32-14-6-2-7-15-32)50-44(52-45)33-16-8-3-9-17-33)42(29-35)53-40-19-11-10-18-37(40)39-28-34(23-27-41(39)53)30-12-4-1-5-13-30/h1-29H. The van der Waals surface area contributed by atoms with E-state index < -0.39 is 11.7 Å². The lowest BCUT2D eigenvalue weighted by molar-refractivity contribution is -0.137. The Morgan fingerprint density at radius 3 is 1.47 bits per heavy atom. The highest BCUT2D eigenvalue weighted by molar-refractivity contribution is 6.11. The van der Waals surface area contributed by atoms with Crippen LogP contribution in [0.5, 0.6) is 0 Å². The van der Waals surface area contributed by atoms with Crippen LogP contribution in [0.25, 0.3) is 83.9 Å². The summed E-state index contributed by atoms with van der Waals surface area (Å²) in [6.07, 6.45) is -4.43. The van der Waals surface area contributed by atoms with E-state index in [9.17, 15) is 13.2 Å². The van der Waals surface area contributed by atoms with E-state index in [1.807, 2.05) is 109 Å². The number of alkyl halides is 3. The summed E-state index contributed by atoms with van der Waals surface area (Å²) < 4.78 is 42.8. The zero-order chi connectivity index (χ0) is 35.9. The van der Waals surface area contributed by atoms with E-state index in [0.717, 1.165) is 73.0 Å². The highest BCUT2D eigenvalue weighted by Crippen LogP contribution is 2.40. The van der Waals surface area contributed by atoms with Crippen LogP contribution < -0.4 is 0 Å². The monoisotopic (exact) mass is 694 g/mol. The van der Waals surface area contributed by atoms with Gasteiger partial charge < -0.3 is 4.57 Å². The lowest BCUT2D eigenvalue weighted by atomic mass is 10.00. The van der Waals surface area contributed by atoms with Crippen LogP contribution in [-0.2, 0) is 6.18 Å². The summed E-state index contributed by atoms with van der Waals surface area (Å²) in [7, 11) is 0. The minimum absolute atomic E-state index is 0.471. The highest BCUT2D eigenvalue weighted by Gasteiger charge is 2.30. The molecule has 2 heterocycles. The van der Waals surface area contributed by atoms with Gasteiger partial charge in [-0.05, 0) is 64.7 Å². The molecule has 9 rings (SSSR count). The largest absolute Gasteiger partial charge is 0.416 e. The molecule has 0 amide bonds. The van der Waals surface area contributed by atoms with Gasteiger partial charge in [0.2, 0.25) is 0 Å². The van der Waals surface area contributed by atoms with Gasteiger partial charge in [-0.25, -0.2) is 15.0 Å². The second-order valence-corrected chi connectivity index (χ2v) is 12.8. The summed E-state index contributed by atoms with van der Waals surface area (Å²) in [5.41, 5.74) is 8.09. The fourth-order valence-electron chi connectivity index (χ4n) is 6.91. The first-order valence-electron chi connectivity index (χ1n) is 17.2. The van der Waals surface area contributed by atoms with Gasteiger partial charge in [0.05, 0.1) is 22.3 Å². The Hall–Kier alpha value is -6.86. The van der Waals surface area contributed by atoms with Crippen molar-refractivity contribution < 1.29 is 13.2 Å². The van der Waals surface area contributed by atoms with Crippen LogP contribution >= 0.6 is 0 Å². The summed E-state index contributed by atoms with van der Waals surface area (Å²) in [6.45, 7) is 0. The third-order valence-electron chi connectivity index (χ3n) is 9.50. The number of hydrogen-bond donors (Lipinski definition) is 0. The van der Waals surface area contributed by atoms with Crippen molar-refractivity contribution >= 4 is 21.8 Å². The molecule has 0 atom stereocenters. The first kappa shape index (κ1) is 32.1. The summed E-state index contributed by atoms with van der Waals surface area (Å²) in [6, 6.07) is 55.8. The molecule has 0 fully saturated rings. The van der Waals surface area contributed by atoms with Gasteiger partial charge in [0, 0.05) is 27.5 Å². The minimum Gasteiger partial charge on any atom is -0.308 e. The predicted molar refractivity (Wildman–Crippen MR) is 206 cm³/mol. The molecule has 0 saturated carbocycles. The molecule has 2 aromatic heterocycles. The van der Waals surface area contributed by atoms with Crippen molar-refractivity contribution in [2.75, 3.05) is 0 Å². The molecule has 7 heteroatoms. The fourth-order valence-corrected chi connectivity index (χ4v) is 6.91. The number of halogens is 3. The van der Waals surface area contributed by atoms with Gasteiger partial charge in [0.15, 0.2) is 17.5 Å². The van der Waals surface area contributed by atoms with E-state index in [-0.39, 0.29) is 0 Å². The van der Waals surface area contributed by atoms with Gasteiger partial charge in [0.25, 0.3) is 0 Å². The van der Waals surface area contributed by atoms with Crippen molar-refractivity contribution in [2.45, 2.75) is 6.18 Å². The first-order valence-corrected chi connectivity index (χ1v) is 17.2. The maximum Gasteiger partial charge on any atom is 0.416 e. The van der Waals surface area contributed by atoms with Crippen molar-refractivity contribution in [1.82, 2.24) is 19.5 Å². The van der Waals surface area contributed by atoms with Gasteiger partial charge in [-0.1, -0.05) is 133 Å². The minimum atomic E-state index is -4.43. The van der Waals surface area contributed by atoms with E-state index in [1.54, 1.807) is 0 Å². The molecule has 0 unspecified atom stereocenters. The lowest BCUT2D eigenvalue weighted by Gasteiger charge is -2.17. The molecule has 254 valence electrons. The van der Waals surface area contributed by atoms with Crippen LogP contribution in [0.1, 0.15) is 5.56 Å². The molecule has 0 aliphatic rings. The third-order valence-corrected chi connectivity index (χ3v) is 9.50. The van der Waals surface area contributed by atoms with E-state index >= 15 is 0 Å². The first-order chi connectivity index (χ1) is 25.9. The second kappa shape index (κ2) is 13.0. The van der Waals surface area contributed by atoms with Crippen LogP contribution in [0.2, 0.25) is 0 Å². The maximum absolute atomic E-state index is 13.5. The molecular formula is C46H29F3N4. The number of benzene rings is 7. The smallest absolute Gasteiger partial charge is 0.308 e. The Morgan fingerprint density at radius 2 is 0.849 bits per heavy atom. The molecule has 0 radical (unpaired) electrons. The molecule has 9 aromatic rings. The Labute approximate surface area is 303 Å². The summed E-state index contributed by atoms with van der Waals surface area (Å²) in [5, 5.41) is 2.13. The number of nitrogens with zero attached hydrogens (tertiary/aromatic N) is 4. The molecule has 0 aliphatic carbocycles. The zero-order valence-corrected chi connectivity index (χ0v) is 28.2. The van der Waals surface area contributed by atoms with Crippen LogP contribution in [-0.4, -0.2) is 19.5 Å². The van der Waals surface area contributed by atoms with Crippen LogP contribution in [0.3, 0.4) is 0 Å².